The molecule has 1 saturated heterocycles. The Morgan fingerprint density at radius 2 is 1.64 bits per heavy atom. The Bertz CT molecular complexity index is 140. The first kappa shape index (κ1) is 10.4. The summed E-state index contributed by atoms with van der Waals surface area (Å²) < 4.78 is 5.64. The van der Waals surface area contributed by atoms with E-state index in [-0.39, 0.29) is 12.2 Å². The van der Waals surface area contributed by atoms with Gasteiger partial charge in [-0.1, -0.05) is 19.3 Å². The summed E-state index contributed by atoms with van der Waals surface area (Å²) in [7, 11) is 0. The summed E-state index contributed by atoms with van der Waals surface area (Å²) in [6.45, 7) is 0.856. The summed E-state index contributed by atoms with van der Waals surface area (Å²) in [6, 6.07) is 0. The van der Waals surface area contributed by atoms with Crippen molar-refractivity contribution in [2.24, 2.45) is 5.92 Å². The van der Waals surface area contributed by atoms with Crippen LogP contribution in [0.4, 0.5) is 0 Å². The molecule has 1 aliphatic carbocycles. The summed E-state index contributed by atoms with van der Waals surface area (Å²) in [5, 5.41) is 10.2. The lowest BCUT2D eigenvalue weighted by Gasteiger charge is -2.34. The molecule has 2 nitrogen and oxygen atoms in total. The van der Waals surface area contributed by atoms with E-state index < -0.39 is 0 Å². The van der Waals surface area contributed by atoms with Gasteiger partial charge in [-0.25, -0.2) is 0 Å². The van der Waals surface area contributed by atoms with E-state index in [1.54, 1.807) is 0 Å². The average Bonchev–Trinajstić information content (AvgIpc) is 2.30. The molecule has 0 aromatic heterocycles. The second-order valence-corrected chi connectivity index (χ2v) is 4.79. The van der Waals surface area contributed by atoms with Gasteiger partial charge in [0.05, 0.1) is 12.2 Å². The van der Waals surface area contributed by atoms with Crippen LogP contribution in [0.3, 0.4) is 0 Å². The van der Waals surface area contributed by atoms with Crippen molar-refractivity contribution < 1.29 is 9.84 Å². The van der Waals surface area contributed by atoms with Gasteiger partial charge in [0.1, 0.15) is 0 Å². The minimum absolute atomic E-state index is 0.145. The van der Waals surface area contributed by atoms with E-state index in [1.807, 2.05) is 0 Å². The third-order valence-corrected chi connectivity index (χ3v) is 3.73. The number of ether oxygens (including phenoxy) is 1. The Hall–Kier alpha value is -0.0800. The molecule has 2 aliphatic rings. The molecule has 2 rings (SSSR count). The lowest BCUT2D eigenvalue weighted by Crippen LogP contribution is -2.38. The van der Waals surface area contributed by atoms with Gasteiger partial charge in [0.25, 0.3) is 0 Å². The SMILES string of the molecule is OC(C1CCCCC1)C1CCCCO1. The Labute approximate surface area is 86.6 Å². The van der Waals surface area contributed by atoms with E-state index in [9.17, 15) is 5.11 Å². The number of hydrogen-bond donors (Lipinski definition) is 1. The third-order valence-electron chi connectivity index (χ3n) is 3.73. The molecule has 1 aliphatic heterocycles. The normalized spacial score (nSPS) is 32.8. The van der Waals surface area contributed by atoms with Gasteiger partial charge in [0.15, 0.2) is 0 Å². The molecule has 0 aromatic rings. The maximum absolute atomic E-state index is 10.2. The smallest absolute Gasteiger partial charge is 0.0836 e. The van der Waals surface area contributed by atoms with Gasteiger partial charge in [0.2, 0.25) is 0 Å². The summed E-state index contributed by atoms with van der Waals surface area (Å²) in [5.41, 5.74) is 0. The molecule has 0 radical (unpaired) electrons. The topological polar surface area (TPSA) is 29.5 Å². The van der Waals surface area contributed by atoms with Crippen molar-refractivity contribution in [3.8, 4) is 0 Å². The van der Waals surface area contributed by atoms with E-state index in [1.165, 1.54) is 44.9 Å². The van der Waals surface area contributed by atoms with E-state index in [2.05, 4.69) is 0 Å². The van der Waals surface area contributed by atoms with Crippen LogP contribution in [0, 0.1) is 5.92 Å². The molecule has 0 aromatic carbocycles. The molecular formula is C12H22O2. The molecule has 1 N–H and O–H groups in total. The summed E-state index contributed by atoms with van der Waals surface area (Å²) in [5.74, 6) is 0.520. The van der Waals surface area contributed by atoms with Gasteiger partial charge in [-0.05, 0) is 38.0 Å². The Morgan fingerprint density at radius 3 is 2.29 bits per heavy atom. The lowest BCUT2D eigenvalue weighted by molar-refractivity contribution is -0.0882. The zero-order valence-corrected chi connectivity index (χ0v) is 8.95. The van der Waals surface area contributed by atoms with Crippen LogP contribution in [0.25, 0.3) is 0 Å². The maximum Gasteiger partial charge on any atom is 0.0836 e. The van der Waals surface area contributed by atoms with Crippen LogP contribution in [-0.4, -0.2) is 23.9 Å². The van der Waals surface area contributed by atoms with Gasteiger partial charge < -0.3 is 9.84 Å². The molecule has 0 amide bonds. The van der Waals surface area contributed by atoms with Crippen LogP contribution < -0.4 is 0 Å². The summed E-state index contributed by atoms with van der Waals surface area (Å²) in [6.07, 6.45) is 9.81. The highest BCUT2D eigenvalue weighted by Gasteiger charge is 2.30. The van der Waals surface area contributed by atoms with Crippen molar-refractivity contribution in [1.82, 2.24) is 0 Å². The first-order valence-electron chi connectivity index (χ1n) is 6.17. The van der Waals surface area contributed by atoms with E-state index in [0.29, 0.717) is 5.92 Å². The van der Waals surface area contributed by atoms with Crippen molar-refractivity contribution in [3.63, 3.8) is 0 Å². The quantitative estimate of drug-likeness (QED) is 0.738. The highest BCUT2D eigenvalue weighted by atomic mass is 16.5. The summed E-state index contributed by atoms with van der Waals surface area (Å²) in [4.78, 5) is 0. The second-order valence-electron chi connectivity index (χ2n) is 4.79. The largest absolute Gasteiger partial charge is 0.390 e. The molecule has 2 atom stereocenters. The highest BCUT2D eigenvalue weighted by molar-refractivity contribution is 4.81. The van der Waals surface area contributed by atoms with Crippen molar-refractivity contribution in [3.05, 3.63) is 0 Å². The van der Waals surface area contributed by atoms with Crippen molar-refractivity contribution in [1.29, 1.82) is 0 Å². The molecule has 14 heavy (non-hydrogen) atoms. The van der Waals surface area contributed by atoms with Crippen LogP contribution in [-0.2, 0) is 4.74 Å². The van der Waals surface area contributed by atoms with Gasteiger partial charge in [-0.15, -0.1) is 0 Å². The van der Waals surface area contributed by atoms with Gasteiger partial charge >= 0.3 is 0 Å². The molecule has 1 saturated carbocycles. The van der Waals surface area contributed by atoms with Crippen molar-refractivity contribution in [2.45, 2.75) is 63.6 Å². The molecule has 1 heterocycles. The lowest BCUT2D eigenvalue weighted by atomic mass is 9.82. The molecule has 82 valence electrons. The minimum atomic E-state index is -0.185. The Balaban J connectivity index is 1.82. The molecule has 2 unspecified atom stereocenters. The van der Waals surface area contributed by atoms with Gasteiger partial charge in [-0.2, -0.15) is 0 Å². The van der Waals surface area contributed by atoms with E-state index in [4.69, 9.17) is 4.74 Å². The highest BCUT2D eigenvalue weighted by Crippen LogP contribution is 2.30. The zero-order chi connectivity index (χ0) is 9.80. The second kappa shape index (κ2) is 5.13. The Kier molecular flexibility index (Phi) is 3.82. The molecule has 0 spiro atoms. The first-order valence-corrected chi connectivity index (χ1v) is 6.17. The zero-order valence-electron chi connectivity index (χ0n) is 8.95. The van der Waals surface area contributed by atoms with Crippen LogP contribution in [0.1, 0.15) is 51.4 Å². The Morgan fingerprint density at radius 1 is 0.929 bits per heavy atom. The average molecular weight is 198 g/mol. The van der Waals surface area contributed by atoms with Crippen LogP contribution in [0.2, 0.25) is 0 Å². The number of aliphatic hydroxyl groups is 1. The third kappa shape index (κ3) is 2.48. The van der Waals surface area contributed by atoms with Gasteiger partial charge in [0, 0.05) is 6.61 Å². The van der Waals surface area contributed by atoms with E-state index >= 15 is 0 Å². The van der Waals surface area contributed by atoms with Crippen LogP contribution in [0.5, 0.6) is 0 Å². The van der Waals surface area contributed by atoms with Crippen LogP contribution in [0.15, 0.2) is 0 Å². The maximum atomic E-state index is 10.2. The van der Waals surface area contributed by atoms with E-state index in [0.717, 1.165) is 13.0 Å². The predicted octanol–water partition coefficient (Wildman–Crippen LogP) is 2.50. The molecule has 2 fully saturated rings. The van der Waals surface area contributed by atoms with Crippen molar-refractivity contribution in [2.75, 3.05) is 6.61 Å². The van der Waals surface area contributed by atoms with Crippen LogP contribution >= 0.6 is 0 Å². The predicted molar refractivity (Wildman–Crippen MR) is 56.2 cm³/mol. The van der Waals surface area contributed by atoms with Gasteiger partial charge in [-0.3, -0.25) is 0 Å². The number of hydrogen-bond acceptors (Lipinski definition) is 2. The fourth-order valence-corrected chi connectivity index (χ4v) is 2.81. The number of aliphatic hydroxyl groups excluding tert-OH is 1. The number of rotatable bonds is 2. The van der Waals surface area contributed by atoms with Crippen molar-refractivity contribution >= 4 is 0 Å². The summed E-state index contributed by atoms with van der Waals surface area (Å²) >= 11 is 0. The molecule has 0 bridgehead atoms. The minimum Gasteiger partial charge on any atom is -0.390 e. The standard InChI is InChI=1S/C12H22O2/c13-12(10-6-2-1-3-7-10)11-8-4-5-9-14-11/h10-13H,1-9H2. The molecular weight excluding hydrogens is 176 g/mol. The molecule has 2 heteroatoms. The first-order chi connectivity index (χ1) is 6.88. The monoisotopic (exact) mass is 198 g/mol. The fourth-order valence-electron chi connectivity index (χ4n) is 2.81. The fraction of sp³-hybridized carbons (Fsp3) is 1.00.